The molecule has 0 aliphatic rings. The van der Waals surface area contributed by atoms with Crippen LogP contribution in [0.3, 0.4) is 0 Å². The van der Waals surface area contributed by atoms with Crippen LogP contribution in [-0.4, -0.2) is 0 Å². The monoisotopic (exact) mass is 234 g/mol. The van der Waals surface area contributed by atoms with Crippen molar-refractivity contribution < 1.29 is 0 Å². The lowest BCUT2D eigenvalue weighted by Gasteiger charge is -2.12. The Morgan fingerprint density at radius 2 is 1.44 bits per heavy atom. The SMILES string of the molecule is CCc1ccc2c(ccc3ccccc32)c1CC. The number of fused-ring (bicyclic) bond motifs is 3. The van der Waals surface area contributed by atoms with Crippen LogP contribution in [0.1, 0.15) is 25.0 Å². The first kappa shape index (κ1) is 11.3. The summed E-state index contributed by atoms with van der Waals surface area (Å²) in [5.41, 5.74) is 3.00. The summed E-state index contributed by atoms with van der Waals surface area (Å²) < 4.78 is 0. The molecule has 0 aliphatic carbocycles. The maximum atomic E-state index is 2.30. The fraction of sp³-hybridized carbons (Fsp3) is 0.222. The lowest BCUT2D eigenvalue weighted by molar-refractivity contribution is 1.05. The summed E-state index contributed by atoms with van der Waals surface area (Å²) in [7, 11) is 0. The molecule has 0 atom stereocenters. The van der Waals surface area contributed by atoms with E-state index in [1.807, 2.05) is 0 Å². The van der Waals surface area contributed by atoms with Gasteiger partial charge in [-0.3, -0.25) is 0 Å². The standard InChI is InChI=1S/C18H18/c1-3-13-9-11-18-16-8-6-5-7-14(16)10-12-17(18)15(13)4-2/h5-12H,3-4H2,1-2H3. The molecule has 0 aromatic heterocycles. The van der Waals surface area contributed by atoms with Gasteiger partial charge in [0.15, 0.2) is 0 Å². The van der Waals surface area contributed by atoms with Gasteiger partial charge in [-0.15, -0.1) is 0 Å². The predicted octanol–water partition coefficient (Wildman–Crippen LogP) is 5.12. The normalized spacial score (nSPS) is 11.2. The van der Waals surface area contributed by atoms with E-state index < -0.39 is 0 Å². The molecule has 0 saturated carbocycles. The molecule has 0 aliphatic heterocycles. The Morgan fingerprint density at radius 3 is 2.22 bits per heavy atom. The van der Waals surface area contributed by atoms with E-state index in [9.17, 15) is 0 Å². The molecular weight excluding hydrogens is 216 g/mol. The Hall–Kier alpha value is -1.82. The highest BCUT2D eigenvalue weighted by molar-refractivity contribution is 6.08. The summed E-state index contributed by atoms with van der Waals surface area (Å²) in [6, 6.07) is 17.8. The number of hydrogen-bond donors (Lipinski definition) is 0. The van der Waals surface area contributed by atoms with Gasteiger partial charge >= 0.3 is 0 Å². The molecule has 3 rings (SSSR count). The summed E-state index contributed by atoms with van der Waals surface area (Å²) in [6.07, 6.45) is 2.23. The summed E-state index contributed by atoms with van der Waals surface area (Å²) in [4.78, 5) is 0. The third-order valence-electron chi connectivity index (χ3n) is 3.87. The van der Waals surface area contributed by atoms with Crippen molar-refractivity contribution in [3.05, 3.63) is 59.7 Å². The maximum Gasteiger partial charge on any atom is -0.0102 e. The average molecular weight is 234 g/mol. The first-order valence-electron chi connectivity index (χ1n) is 6.77. The average Bonchev–Trinajstić information content (AvgIpc) is 2.45. The van der Waals surface area contributed by atoms with Crippen LogP contribution in [-0.2, 0) is 12.8 Å². The molecule has 0 heteroatoms. The summed E-state index contributed by atoms with van der Waals surface area (Å²) in [5.74, 6) is 0. The van der Waals surface area contributed by atoms with E-state index in [2.05, 4.69) is 62.4 Å². The van der Waals surface area contributed by atoms with E-state index in [1.165, 1.54) is 32.7 Å². The molecule has 0 heterocycles. The second-order valence-corrected chi connectivity index (χ2v) is 4.79. The number of benzene rings is 3. The fourth-order valence-electron chi connectivity index (χ4n) is 2.94. The van der Waals surface area contributed by atoms with Gasteiger partial charge in [0, 0.05) is 0 Å². The molecule has 18 heavy (non-hydrogen) atoms. The van der Waals surface area contributed by atoms with Crippen molar-refractivity contribution in [3.63, 3.8) is 0 Å². The Kier molecular flexibility index (Phi) is 2.79. The maximum absolute atomic E-state index is 2.30. The largest absolute Gasteiger partial charge is 0.0616 e. The highest BCUT2D eigenvalue weighted by Crippen LogP contribution is 2.30. The molecule has 0 unspecified atom stereocenters. The Labute approximate surface area is 108 Å². The molecule has 0 spiro atoms. The number of aryl methyl sites for hydroxylation is 2. The van der Waals surface area contributed by atoms with Crippen LogP contribution in [0.2, 0.25) is 0 Å². The highest BCUT2D eigenvalue weighted by Gasteiger charge is 2.07. The topological polar surface area (TPSA) is 0 Å². The van der Waals surface area contributed by atoms with Crippen LogP contribution >= 0.6 is 0 Å². The van der Waals surface area contributed by atoms with Gasteiger partial charge in [-0.25, -0.2) is 0 Å². The van der Waals surface area contributed by atoms with Gasteiger partial charge in [-0.05, 0) is 45.5 Å². The van der Waals surface area contributed by atoms with Gasteiger partial charge in [0.1, 0.15) is 0 Å². The molecule has 0 N–H and O–H groups in total. The van der Waals surface area contributed by atoms with E-state index >= 15 is 0 Å². The van der Waals surface area contributed by atoms with Crippen LogP contribution < -0.4 is 0 Å². The first-order chi connectivity index (χ1) is 8.85. The molecule has 0 nitrogen and oxygen atoms in total. The Bertz CT molecular complexity index is 708. The zero-order chi connectivity index (χ0) is 12.5. The second-order valence-electron chi connectivity index (χ2n) is 4.79. The fourth-order valence-corrected chi connectivity index (χ4v) is 2.94. The Balaban J connectivity index is 2.46. The van der Waals surface area contributed by atoms with Crippen molar-refractivity contribution in [2.24, 2.45) is 0 Å². The minimum atomic E-state index is 1.11. The van der Waals surface area contributed by atoms with Crippen molar-refractivity contribution in [1.29, 1.82) is 0 Å². The van der Waals surface area contributed by atoms with Crippen LogP contribution in [0.5, 0.6) is 0 Å². The Morgan fingerprint density at radius 1 is 0.667 bits per heavy atom. The van der Waals surface area contributed by atoms with Crippen LogP contribution in [0, 0.1) is 0 Å². The van der Waals surface area contributed by atoms with E-state index in [1.54, 1.807) is 0 Å². The minimum absolute atomic E-state index is 1.11. The van der Waals surface area contributed by atoms with Crippen LogP contribution in [0.4, 0.5) is 0 Å². The predicted molar refractivity (Wildman–Crippen MR) is 80.2 cm³/mol. The molecule has 0 radical (unpaired) electrons. The van der Waals surface area contributed by atoms with E-state index in [0.717, 1.165) is 12.8 Å². The smallest absolute Gasteiger partial charge is 0.0102 e. The van der Waals surface area contributed by atoms with E-state index in [-0.39, 0.29) is 0 Å². The quantitative estimate of drug-likeness (QED) is 0.540. The van der Waals surface area contributed by atoms with E-state index in [0.29, 0.717) is 0 Å². The zero-order valence-corrected chi connectivity index (χ0v) is 11.0. The lowest BCUT2D eigenvalue weighted by Crippen LogP contribution is -1.93. The molecule has 0 amide bonds. The van der Waals surface area contributed by atoms with Crippen molar-refractivity contribution in [2.75, 3.05) is 0 Å². The van der Waals surface area contributed by atoms with Crippen molar-refractivity contribution in [2.45, 2.75) is 26.7 Å². The van der Waals surface area contributed by atoms with Gasteiger partial charge in [-0.2, -0.15) is 0 Å². The molecule has 90 valence electrons. The molecular formula is C18H18. The van der Waals surface area contributed by atoms with Gasteiger partial charge in [0.05, 0.1) is 0 Å². The summed E-state index contributed by atoms with van der Waals surface area (Å²) in [6.45, 7) is 4.49. The number of rotatable bonds is 2. The van der Waals surface area contributed by atoms with Crippen molar-refractivity contribution >= 4 is 21.5 Å². The number of hydrogen-bond acceptors (Lipinski definition) is 0. The van der Waals surface area contributed by atoms with Gasteiger partial charge in [0.25, 0.3) is 0 Å². The molecule has 0 fully saturated rings. The molecule has 3 aromatic carbocycles. The third kappa shape index (κ3) is 1.60. The summed E-state index contributed by atoms with van der Waals surface area (Å²) in [5, 5.41) is 5.52. The first-order valence-corrected chi connectivity index (χ1v) is 6.77. The van der Waals surface area contributed by atoms with Crippen molar-refractivity contribution in [1.82, 2.24) is 0 Å². The molecule has 0 bridgehead atoms. The second kappa shape index (κ2) is 4.45. The van der Waals surface area contributed by atoms with Crippen molar-refractivity contribution in [3.8, 4) is 0 Å². The third-order valence-corrected chi connectivity index (χ3v) is 3.87. The lowest BCUT2D eigenvalue weighted by atomic mass is 9.93. The van der Waals surface area contributed by atoms with Gasteiger partial charge < -0.3 is 0 Å². The summed E-state index contributed by atoms with van der Waals surface area (Å²) >= 11 is 0. The molecule has 0 saturated heterocycles. The van der Waals surface area contributed by atoms with Crippen LogP contribution in [0.25, 0.3) is 21.5 Å². The van der Waals surface area contributed by atoms with Crippen LogP contribution in [0.15, 0.2) is 48.5 Å². The highest BCUT2D eigenvalue weighted by atomic mass is 14.1. The van der Waals surface area contributed by atoms with Gasteiger partial charge in [-0.1, -0.05) is 62.4 Å². The molecule has 3 aromatic rings. The van der Waals surface area contributed by atoms with E-state index in [4.69, 9.17) is 0 Å². The minimum Gasteiger partial charge on any atom is -0.0616 e. The zero-order valence-electron chi connectivity index (χ0n) is 11.0. The van der Waals surface area contributed by atoms with Gasteiger partial charge in [0.2, 0.25) is 0 Å².